The Morgan fingerprint density at radius 3 is 2.25 bits per heavy atom. The molecule has 0 radical (unpaired) electrons. The van der Waals surface area contributed by atoms with E-state index in [-0.39, 0.29) is 17.5 Å². The van der Waals surface area contributed by atoms with Crippen LogP contribution in [0.2, 0.25) is 0 Å². The van der Waals surface area contributed by atoms with Crippen molar-refractivity contribution in [2.24, 2.45) is 0 Å². The van der Waals surface area contributed by atoms with Gasteiger partial charge in [-0.2, -0.15) is 0 Å². The number of esters is 2. The summed E-state index contributed by atoms with van der Waals surface area (Å²) in [6, 6.07) is 4.23. The molecule has 0 amide bonds. The van der Waals surface area contributed by atoms with Crippen LogP contribution in [0, 0.1) is 6.92 Å². The number of rotatable bonds is 10. The molecule has 24 heavy (non-hydrogen) atoms. The van der Waals surface area contributed by atoms with Crippen molar-refractivity contribution in [3.05, 3.63) is 34.9 Å². The zero-order chi connectivity index (χ0) is 17.9. The Morgan fingerprint density at radius 1 is 1.00 bits per heavy atom. The number of unbranched alkanes of at least 4 members (excludes halogenated alkanes) is 6. The minimum atomic E-state index is -1.11. The summed E-state index contributed by atoms with van der Waals surface area (Å²) < 4.78 is 4.79. The molecule has 0 aliphatic carbocycles. The smallest absolute Gasteiger partial charge is 0.345 e. The predicted molar refractivity (Wildman–Crippen MR) is 91.2 cm³/mol. The summed E-state index contributed by atoms with van der Waals surface area (Å²) in [5, 5.41) is 9.06. The first-order valence-electron chi connectivity index (χ1n) is 8.54. The summed E-state index contributed by atoms with van der Waals surface area (Å²) in [6.45, 7) is 3.81. The summed E-state index contributed by atoms with van der Waals surface area (Å²) in [5.74, 6) is -2.48. The molecule has 0 aliphatic heterocycles. The second kappa shape index (κ2) is 10.6. The van der Waals surface area contributed by atoms with Gasteiger partial charge in [0.05, 0.1) is 11.1 Å². The van der Waals surface area contributed by atoms with Gasteiger partial charge in [0.2, 0.25) is 0 Å². The number of ether oxygens (including phenoxy) is 1. The first-order valence-corrected chi connectivity index (χ1v) is 8.54. The molecule has 0 aromatic heterocycles. The first kappa shape index (κ1) is 19.9. The molecular formula is C19H26O5. The van der Waals surface area contributed by atoms with E-state index in [1.54, 1.807) is 6.92 Å². The molecule has 0 bridgehead atoms. The highest BCUT2D eigenvalue weighted by Gasteiger charge is 2.16. The lowest BCUT2D eigenvalue weighted by atomic mass is 10.1. The second-order valence-corrected chi connectivity index (χ2v) is 5.97. The van der Waals surface area contributed by atoms with Crippen molar-refractivity contribution in [2.45, 2.75) is 65.2 Å². The summed E-state index contributed by atoms with van der Waals surface area (Å²) in [5.41, 5.74) is 0.656. The van der Waals surface area contributed by atoms with Crippen LogP contribution < -0.4 is 0 Å². The number of carboxylic acid groups (broad SMARTS) is 1. The van der Waals surface area contributed by atoms with E-state index in [4.69, 9.17) is 9.84 Å². The molecule has 1 rings (SSSR count). The van der Waals surface area contributed by atoms with Crippen LogP contribution in [0.4, 0.5) is 0 Å². The fourth-order valence-electron chi connectivity index (χ4n) is 2.42. The Labute approximate surface area is 143 Å². The zero-order valence-electron chi connectivity index (χ0n) is 14.5. The number of aryl methyl sites for hydroxylation is 1. The molecule has 0 saturated heterocycles. The topological polar surface area (TPSA) is 80.7 Å². The third kappa shape index (κ3) is 6.94. The maximum absolute atomic E-state index is 11.9. The average molecular weight is 334 g/mol. The quantitative estimate of drug-likeness (QED) is 0.386. The molecule has 0 fully saturated rings. The molecule has 0 atom stereocenters. The normalized spacial score (nSPS) is 10.4. The Morgan fingerprint density at radius 2 is 1.62 bits per heavy atom. The van der Waals surface area contributed by atoms with Crippen LogP contribution in [0.3, 0.4) is 0 Å². The van der Waals surface area contributed by atoms with Crippen LogP contribution in [0.5, 0.6) is 0 Å². The number of hydrogen-bond acceptors (Lipinski definition) is 4. The molecule has 0 aliphatic rings. The SMILES string of the molecule is CCCCCCCCCC(=O)OC(=O)c1ccc(C)c(C(=O)O)c1. The fourth-order valence-corrected chi connectivity index (χ4v) is 2.42. The number of carboxylic acids is 1. The monoisotopic (exact) mass is 334 g/mol. The highest BCUT2D eigenvalue weighted by atomic mass is 16.6. The van der Waals surface area contributed by atoms with E-state index in [1.807, 2.05) is 0 Å². The third-order valence-electron chi connectivity index (χ3n) is 3.89. The third-order valence-corrected chi connectivity index (χ3v) is 3.89. The van der Waals surface area contributed by atoms with Crippen LogP contribution in [0.25, 0.3) is 0 Å². The predicted octanol–water partition coefficient (Wildman–Crippen LogP) is 4.52. The van der Waals surface area contributed by atoms with Gasteiger partial charge in [0.1, 0.15) is 0 Å². The molecule has 1 aromatic rings. The van der Waals surface area contributed by atoms with Crippen LogP contribution in [0.15, 0.2) is 18.2 Å². The molecule has 5 heteroatoms. The summed E-state index contributed by atoms with van der Waals surface area (Å²) in [7, 11) is 0. The molecule has 0 saturated carbocycles. The van der Waals surface area contributed by atoms with E-state index in [9.17, 15) is 14.4 Å². The van der Waals surface area contributed by atoms with Crippen molar-refractivity contribution < 1.29 is 24.2 Å². The maximum Gasteiger partial charge on any atom is 0.345 e. The van der Waals surface area contributed by atoms with Gasteiger partial charge in [-0.15, -0.1) is 0 Å². The molecule has 0 unspecified atom stereocenters. The maximum atomic E-state index is 11.9. The zero-order valence-corrected chi connectivity index (χ0v) is 14.5. The van der Waals surface area contributed by atoms with Crippen LogP contribution in [0.1, 0.15) is 84.6 Å². The van der Waals surface area contributed by atoms with Gasteiger partial charge in [-0.1, -0.05) is 51.5 Å². The highest BCUT2D eigenvalue weighted by molar-refractivity contribution is 5.99. The van der Waals surface area contributed by atoms with Crippen molar-refractivity contribution in [3.8, 4) is 0 Å². The van der Waals surface area contributed by atoms with Gasteiger partial charge in [0.15, 0.2) is 0 Å². The molecule has 5 nitrogen and oxygen atoms in total. The van der Waals surface area contributed by atoms with Gasteiger partial charge in [0, 0.05) is 6.42 Å². The fraction of sp³-hybridized carbons (Fsp3) is 0.526. The largest absolute Gasteiger partial charge is 0.478 e. The number of carbonyl (C=O) groups is 3. The summed E-state index contributed by atoms with van der Waals surface area (Å²) >= 11 is 0. The van der Waals surface area contributed by atoms with E-state index in [1.165, 1.54) is 43.9 Å². The van der Waals surface area contributed by atoms with Crippen LogP contribution in [-0.4, -0.2) is 23.0 Å². The van der Waals surface area contributed by atoms with Crippen molar-refractivity contribution in [1.29, 1.82) is 0 Å². The lowest BCUT2D eigenvalue weighted by Crippen LogP contribution is -2.13. The van der Waals surface area contributed by atoms with E-state index < -0.39 is 17.9 Å². The Bertz CT molecular complexity index is 577. The van der Waals surface area contributed by atoms with Crippen molar-refractivity contribution in [1.82, 2.24) is 0 Å². The minimum absolute atomic E-state index is 0.0315. The number of hydrogen-bond donors (Lipinski definition) is 1. The average Bonchev–Trinajstić information content (AvgIpc) is 2.54. The van der Waals surface area contributed by atoms with Gasteiger partial charge < -0.3 is 9.84 Å². The van der Waals surface area contributed by atoms with Crippen molar-refractivity contribution >= 4 is 17.9 Å². The van der Waals surface area contributed by atoms with Gasteiger partial charge in [-0.25, -0.2) is 9.59 Å². The summed E-state index contributed by atoms with van der Waals surface area (Å²) in [6.07, 6.45) is 7.77. The Kier molecular flexibility index (Phi) is 8.76. The van der Waals surface area contributed by atoms with Gasteiger partial charge in [-0.3, -0.25) is 4.79 Å². The molecule has 0 spiro atoms. The highest BCUT2D eigenvalue weighted by Crippen LogP contribution is 2.13. The molecule has 0 heterocycles. The Balaban J connectivity index is 2.38. The van der Waals surface area contributed by atoms with Crippen LogP contribution >= 0.6 is 0 Å². The van der Waals surface area contributed by atoms with Gasteiger partial charge in [-0.05, 0) is 31.0 Å². The van der Waals surface area contributed by atoms with E-state index in [0.29, 0.717) is 12.0 Å². The van der Waals surface area contributed by atoms with Crippen LogP contribution in [-0.2, 0) is 9.53 Å². The van der Waals surface area contributed by atoms with E-state index in [2.05, 4.69) is 6.92 Å². The number of aromatic carboxylic acids is 1. The second-order valence-electron chi connectivity index (χ2n) is 5.97. The number of benzene rings is 1. The molecular weight excluding hydrogens is 308 g/mol. The van der Waals surface area contributed by atoms with Crippen molar-refractivity contribution in [2.75, 3.05) is 0 Å². The lowest BCUT2D eigenvalue weighted by molar-refractivity contribution is -0.138. The Hall–Kier alpha value is -2.17. The van der Waals surface area contributed by atoms with E-state index >= 15 is 0 Å². The van der Waals surface area contributed by atoms with E-state index in [0.717, 1.165) is 12.8 Å². The summed E-state index contributed by atoms with van der Waals surface area (Å²) in [4.78, 5) is 34.7. The lowest BCUT2D eigenvalue weighted by Gasteiger charge is -2.06. The molecule has 132 valence electrons. The van der Waals surface area contributed by atoms with Crippen molar-refractivity contribution in [3.63, 3.8) is 0 Å². The molecule has 1 aromatic carbocycles. The molecule has 1 N–H and O–H groups in total. The first-order chi connectivity index (χ1) is 11.5. The standard InChI is InChI=1S/C19H26O5/c1-3-4-5-6-7-8-9-10-17(20)24-19(23)15-12-11-14(2)16(13-15)18(21)22/h11-13H,3-10H2,1-2H3,(H,21,22). The van der Waals surface area contributed by atoms with Gasteiger partial charge >= 0.3 is 17.9 Å². The minimum Gasteiger partial charge on any atom is -0.478 e. The van der Waals surface area contributed by atoms with Gasteiger partial charge in [0.25, 0.3) is 0 Å². The number of carbonyl (C=O) groups excluding carboxylic acids is 2.